The van der Waals surface area contributed by atoms with E-state index in [0.717, 1.165) is 31.5 Å². The first kappa shape index (κ1) is 17.9. The summed E-state index contributed by atoms with van der Waals surface area (Å²) in [4.78, 5) is 14.1. The third-order valence-electron chi connectivity index (χ3n) is 4.07. The highest BCUT2D eigenvalue weighted by atomic mass is 16.5. The Labute approximate surface area is 152 Å². The highest BCUT2D eigenvalue weighted by molar-refractivity contribution is 5.81. The van der Waals surface area contributed by atoms with Crippen molar-refractivity contribution in [2.45, 2.75) is 26.2 Å². The number of hydrogen-bond acceptors (Lipinski definition) is 6. The van der Waals surface area contributed by atoms with Gasteiger partial charge in [-0.2, -0.15) is 5.10 Å². The Bertz CT molecular complexity index is 739. The van der Waals surface area contributed by atoms with Gasteiger partial charge in [-0.3, -0.25) is 4.79 Å². The van der Waals surface area contributed by atoms with E-state index in [1.165, 1.54) is 23.8 Å². The second-order valence-corrected chi connectivity index (χ2v) is 5.96. The molecule has 0 radical (unpaired) electrons. The third-order valence-corrected chi connectivity index (χ3v) is 4.07. The summed E-state index contributed by atoms with van der Waals surface area (Å²) in [5.41, 5.74) is 0.844. The van der Waals surface area contributed by atoms with Crippen molar-refractivity contribution in [2.24, 2.45) is 5.10 Å². The summed E-state index contributed by atoms with van der Waals surface area (Å²) in [6.45, 7) is 4.06. The number of aromatic nitrogens is 3. The smallest absolute Gasteiger partial charge is 0.260 e. The van der Waals surface area contributed by atoms with Crippen molar-refractivity contribution in [2.75, 3.05) is 26.3 Å². The molecule has 0 spiro atoms. The average Bonchev–Trinajstić information content (AvgIpc) is 3.20. The Kier molecular flexibility index (Phi) is 6.19. The predicted octanol–water partition coefficient (Wildman–Crippen LogP) is 1.95. The first-order chi connectivity index (χ1) is 12.8. The van der Waals surface area contributed by atoms with Gasteiger partial charge in [-0.1, -0.05) is 0 Å². The number of amides is 1. The van der Waals surface area contributed by atoms with E-state index in [1.54, 1.807) is 12.3 Å². The molecule has 1 aliphatic rings. The van der Waals surface area contributed by atoms with Gasteiger partial charge in [0, 0.05) is 13.1 Å². The summed E-state index contributed by atoms with van der Waals surface area (Å²) < 4.78 is 12.9. The maximum Gasteiger partial charge on any atom is 0.260 e. The van der Waals surface area contributed by atoms with Crippen LogP contribution < -0.4 is 9.47 Å². The number of piperidine rings is 1. The molecule has 138 valence electrons. The molecule has 8 heteroatoms. The van der Waals surface area contributed by atoms with Crippen LogP contribution in [0.2, 0.25) is 0 Å². The minimum Gasteiger partial charge on any atom is -0.490 e. The molecule has 2 heterocycles. The normalized spacial score (nSPS) is 14.6. The SMILES string of the molecule is CCOc1cc(/C=N/n2cnnc2)ccc1OCC(=O)N1CCCCC1. The molecule has 26 heavy (non-hydrogen) atoms. The molecule has 1 aromatic heterocycles. The number of carbonyl (C=O) groups is 1. The van der Waals surface area contributed by atoms with Gasteiger partial charge in [0.25, 0.3) is 5.91 Å². The topological polar surface area (TPSA) is 81.8 Å². The second-order valence-electron chi connectivity index (χ2n) is 5.96. The Hall–Kier alpha value is -2.90. The van der Waals surface area contributed by atoms with Gasteiger partial charge in [-0.25, -0.2) is 4.68 Å². The van der Waals surface area contributed by atoms with Crippen LogP contribution in [-0.2, 0) is 4.79 Å². The molecule has 0 atom stereocenters. The van der Waals surface area contributed by atoms with Crippen LogP contribution in [0, 0.1) is 0 Å². The van der Waals surface area contributed by atoms with Crippen LogP contribution in [-0.4, -0.2) is 58.2 Å². The fraction of sp³-hybridized carbons (Fsp3) is 0.444. The van der Waals surface area contributed by atoms with E-state index in [9.17, 15) is 4.79 Å². The molecule has 1 aliphatic heterocycles. The Morgan fingerprint density at radius 1 is 1.15 bits per heavy atom. The quantitative estimate of drug-likeness (QED) is 0.708. The van der Waals surface area contributed by atoms with Gasteiger partial charge < -0.3 is 14.4 Å². The zero-order chi connectivity index (χ0) is 18.2. The molecule has 3 rings (SSSR count). The Morgan fingerprint density at radius 3 is 2.65 bits per heavy atom. The minimum atomic E-state index is 0.0189. The average molecular weight is 357 g/mol. The molecule has 1 amide bonds. The number of rotatable bonds is 7. The van der Waals surface area contributed by atoms with Crippen LogP contribution in [0.4, 0.5) is 0 Å². The number of nitrogens with zero attached hydrogens (tertiary/aromatic N) is 5. The van der Waals surface area contributed by atoms with Gasteiger partial charge in [0.2, 0.25) is 0 Å². The monoisotopic (exact) mass is 357 g/mol. The lowest BCUT2D eigenvalue weighted by Crippen LogP contribution is -2.38. The van der Waals surface area contributed by atoms with Crippen LogP contribution in [0.5, 0.6) is 11.5 Å². The number of ether oxygens (including phenoxy) is 2. The molecule has 8 nitrogen and oxygen atoms in total. The van der Waals surface area contributed by atoms with E-state index in [-0.39, 0.29) is 12.5 Å². The molecule has 0 aliphatic carbocycles. The number of carbonyl (C=O) groups excluding carboxylic acids is 1. The fourth-order valence-corrected chi connectivity index (χ4v) is 2.75. The summed E-state index contributed by atoms with van der Waals surface area (Å²) >= 11 is 0. The highest BCUT2D eigenvalue weighted by Gasteiger charge is 2.17. The van der Waals surface area contributed by atoms with Crippen molar-refractivity contribution >= 4 is 12.1 Å². The van der Waals surface area contributed by atoms with Crippen molar-refractivity contribution in [1.82, 2.24) is 19.8 Å². The molecule has 0 saturated carbocycles. The van der Waals surface area contributed by atoms with E-state index in [1.807, 2.05) is 24.0 Å². The first-order valence-corrected chi connectivity index (χ1v) is 8.82. The van der Waals surface area contributed by atoms with E-state index < -0.39 is 0 Å². The number of likely N-dealkylation sites (tertiary alicyclic amines) is 1. The lowest BCUT2D eigenvalue weighted by molar-refractivity contribution is -0.134. The zero-order valence-corrected chi connectivity index (χ0v) is 14.9. The molecular weight excluding hydrogens is 334 g/mol. The van der Waals surface area contributed by atoms with Crippen molar-refractivity contribution in [3.8, 4) is 11.5 Å². The molecule has 1 saturated heterocycles. The van der Waals surface area contributed by atoms with Crippen LogP contribution in [0.15, 0.2) is 36.0 Å². The lowest BCUT2D eigenvalue weighted by Gasteiger charge is -2.26. The lowest BCUT2D eigenvalue weighted by atomic mass is 10.1. The van der Waals surface area contributed by atoms with E-state index in [2.05, 4.69) is 15.3 Å². The molecule has 1 fully saturated rings. The van der Waals surface area contributed by atoms with Crippen LogP contribution in [0.3, 0.4) is 0 Å². The van der Waals surface area contributed by atoms with Crippen LogP contribution >= 0.6 is 0 Å². The maximum absolute atomic E-state index is 12.3. The molecule has 0 N–H and O–H groups in total. The molecule has 0 bridgehead atoms. The largest absolute Gasteiger partial charge is 0.490 e. The minimum absolute atomic E-state index is 0.0189. The van der Waals surface area contributed by atoms with Gasteiger partial charge >= 0.3 is 0 Å². The second kappa shape index (κ2) is 8.98. The third kappa shape index (κ3) is 4.81. The van der Waals surface area contributed by atoms with Crippen molar-refractivity contribution < 1.29 is 14.3 Å². The van der Waals surface area contributed by atoms with Crippen LogP contribution in [0.1, 0.15) is 31.7 Å². The fourth-order valence-electron chi connectivity index (χ4n) is 2.75. The van der Waals surface area contributed by atoms with Gasteiger partial charge in [0.1, 0.15) is 12.7 Å². The molecular formula is C18H23N5O3. The van der Waals surface area contributed by atoms with Gasteiger partial charge in [-0.05, 0) is 49.9 Å². The first-order valence-electron chi connectivity index (χ1n) is 8.82. The number of benzene rings is 1. The van der Waals surface area contributed by atoms with Gasteiger partial charge in [0.05, 0.1) is 12.8 Å². The van der Waals surface area contributed by atoms with Crippen molar-refractivity contribution in [1.29, 1.82) is 0 Å². The summed E-state index contributed by atoms with van der Waals surface area (Å²) in [6.07, 6.45) is 8.01. The molecule has 2 aromatic rings. The van der Waals surface area contributed by atoms with E-state index in [0.29, 0.717) is 18.1 Å². The number of hydrogen-bond donors (Lipinski definition) is 0. The molecule has 1 aromatic carbocycles. The predicted molar refractivity (Wildman–Crippen MR) is 96.6 cm³/mol. The van der Waals surface area contributed by atoms with E-state index >= 15 is 0 Å². The summed E-state index contributed by atoms with van der Waals surface area (Å²) in [5, 5.41) is 11.6. The Balaban J connectivity index is 1.65. The highest BCUT2D eigenvalue weighted by Crippen LogP contribution is 2.28. The Morgan fingerprint density at radius 2 is 1.92 bits per heavy atom. The van der Waals surface area contributed by atoms with Crippen molar-refractivity contribution in [3.63, 3.8) is 0 Å². The standard InChI is InChI=1S/C18H23N5O3/c1-2-25-17-10-15(11-21-23-13-19-20-14-23)6-7-16(17)26-12-18(24)22-8-4-3-5-9-22/h6-7,10-11,13-14H,2-5,8-9,12H2,1H3/b21-11+. The maximum atomic E-state index is 12.3. The summed E-state index contributed by atoms with van der Waals surface area (Å²) in [6, 6.07) is 5.48. The van der Waals surface area contributed by atoms with Crippen LogP contribution in [0.25, 0.3) is 0 Å². The summed E-state index contributed by atoms with van der Waals surface area (Å²) in [5.74, 6) is 1.16. The van der Waals surface area contributed by atoms with Gasteiger partial charge in [-0.15, -0.1) is 10.2 Å². The zero-order valence-electron chi connectivity index (χ0n) is 14.9. The summed E-state index contributed by atoms with van der Waals surface area (Å²) in [7, 11) is 0. The van der Waals surface area contributed by atoms with Crippen molar-refractivity contribution in [3.05, 3.63) is 36.4 Å². The molecule has 0 unspecified atom stereocenters. The van der Waals surface area contributed by atoms with Gasteiger partial charge in [0.15, 0.2) is 18.1 Å². The van der Waals surface area contributed by atoms with E-state index in [4.69, 9.17) is 9.47 Å².